The molecule has 1 aromatic rings. The van der Waals surface area contributed by atoms with Crippen LogP contribution >= 0.6 is 0 Å². The first-order valence-electron chi connectivity index (χ1n) is 4.43. The van der Waals surface area contributed by atoms with Gasteiger partial charge in [-0.25, -0.2) is 4.98 Å². The van der Waals surface area contributed by atoms with Crippen LogP contribution in [0.5, 0.6) is 0 Å². The van der Waals surface area contributed by atoms with Crippen LogP contribution in [-0.2, 0) is 4.74 Å². The maximum Gasteiger partial charge on any atom is 0.0949 e. The molecule has 0 aromatic carbocycles. The molecule has 0 amide bonds. The minimum Gasteiger partial charge on any atom is -0.380 e. The average Bonchev–Trinajstić information content (AvgIpc) is 2.59. The maximum atomic E-state index is 5.38. The van der Waals surface area contributed by atoms with Crippen LogP contribution in [0.4, 0.5) is 0 Å². The Morgan fingerprint density at radius 1 is 1.67 bits per heavy atom. The minimum absolute atomic E-state index is 0.499. The summed E-state index contributed by atoms with van der Waals surface area (Å²) in [5.74, 6) is 0. The van der Waals surface area contributed by atoms with Crippen LogP contribution in [0.3, 0.4) is 0 Å². The highest BCUT2D eigenvalue weighted by Crippen LogP contribution is 2.09. The van der Waals surface area contributed by atoms with Gasteiger partial charge in [0.15, 0.2) is 0 Å². The van der Waals surface area contributed by atoms with E-state index in [0.717, 1.165) is 13.2 Å². The third-order valence-electron chi connectivity index (χ3n) is 1.93. The monoisotopic (exact) mass is 184 g/mol. The highest BCUT2D eigenvalue weighted by molar-refractivity contribution is 6.08. The van der Waals surface area contributed by atoms with Gasteiger partial charge in [-0.15, -0.1) is 0 Å². The Morgan fingerprint density at radius 2 is 2.50 bits per heavy atom. The zero-order chi connectivity index (χ0) is 8.81. The lowest BCUT2D eigenvalue weighted by Gasteiger charge is -2.15. The van der Waals surface area contributed by atoms with Gasteiger partial charge in [-0.3, -0.25) is 0 Å². The molecule has 12 heavy (non-hydrogen) atoms. The summed E-state index contributed by atoms with van der Waals surface area (Å²) in [6.07, 6.45) is 5.68. The van der Waals surface area contributed by atoms with Crippen LogP contribution in [0.2, 0.25) is 6.04 Å². The highest BCUT2D eigenvalue weighted by Gasteiger charge is 2.06. The molecule has 0 saturated carbocycles. The predicted octanol–water partition coefficient (Wildman–Crippen LogP) is 0.244. The van der Waals surface area contributed by atoms with Crippen LogP contribution in [0.25, 0.3) is 0 Å². The Balaban J connectivity index is 2.45. The van der Waals surface area contributed by atoms with Crippen LogP contribution in [0.1, 0.15) is 13.0 Å². The van der Waals surface area contributed by atoms with Crippen molar-refractivity contribution < 1.29 is 4.74 Å². The van der Waals surface area contributed by atoms with Gasteiger partial charge in [0.2, 0.25) is 0 Å². The Hall–Kier alpha value is -0.613. The quantitative estimate of drug-likeness (QED) is 0.613. The summed E-state index contributed by atoms with van der Waals surface area (Å²) in [4.78, 5) is 4.02. The molecule has 1 unspecified atom stereocenters. The number of nitrogens with zero attached hydrogens (tertiary/aromatic N) is 2. The van der Waals surface area contributed by atoms with Gasteiger partial charge in [-0.05, 0) is 13.0 Å². The van der Waals surface area contributed by atoms with Gasteiger partial charge in [0.05, 0.1) is 19.0 Å². The molecule has 3 nitrogen and oxygen atoms in total. The smallest absolute Gasteiger partial charge is 0.0949 e. The van der Waals surface area contributed by atoms with Crippen LogP contribution in [0.15, 0.2) is 18.7 Å². The lowest BCUT2D eigenvalue weighted by Crippen LogP contribution is -2.13. The summed E-state index contributed by atoms with van der Waals surface area (Å²) >= 11 is 0. The first-order valence-corrected chi connectivity index (χ1v) is 5.85. The molecule has 1 heterocycles. The number of hydrogen-bond acceptors (Lipinski definition) is 2. The van der Waals surface area contributed by atoms with Crippen molar-refractivity contribution in [1.82, 2.24) is 9.55 Å². The fraction of sp³-hybridized carbons (Fsp3) is 0.625. The van der Waals surface area contributed by atoms with Crippen LogP contribution in [0, 0.1) is 0 Å². The van der Waals surface area contributed by atoms with Crippen molar-refractivity contribution in [3.8, 4) is 0 Å². The zero-order valence-electron chi connectivity index (χ0n) is 7.73. The van der Waals surface area contributed by atoms with E-state index in [2.05, 4.69) is 9.55 Å². The Bertz CT molecular complexity index is 201. The van der Waals surface area contributed by atoms with Gasteiger partial charge in [0.1, 0.15) is 0 Å². The van der Waals surface area contributed by atoms with E-state index in [-0.39, 0.29) is 0 Å². The van der Waals surface area contributed by atoms with E-state index in [4.69, 9.17) is 4.74 Å². The van der Waals surface area contributed by atoms with Crippen LogP contribution in [-0.4, -0.2) is 33.0 Å². The molecule has 68 valence electrons. The van der Waals surface area contributed by atoms with Gasteiger partial charge < -0.3 is 9.30 Å². The molecule has 0 radical (unpaired) electrons. The maximum absolute atomic E-state index is 5.38. The first kappa shape index (κ1) is 9.47. The van der Waals surface area contributed by atoms with Gasteiger partial charge in [-0.2, -0.15) is 0 Å². The van der Waals surface area contributed by atoms with Crippen molar-refractivity contribution in [3.63, 3.8) is 0 Å². The third kappa shape index (κ3) is 2.46. The highest BCUT2D eigenvalue weighted by atomic mass is 28.1. The van der Waals surface area contributed by atoms with E-state index in [0.29, 0.717) is 6.04 Å². The number of rotatable bonds is 5. The van der Waals surface area contributed by atoms with E-state index < -0.39 is 0 Å². The second-order valence-electron chi connectivity index (χ2n) is 2.73. The van der Waals surface area contributed by atoms with Crippen molar-refractivity contribution in [2.45, 2.75) is 19.0 Å². The molecule has 0 bridgehead atoms. The Kier molecular flexibility index (Phi) is 4.03. The lowest BCUT2D eigenvalue weighted by atomic mass is 10.3. The number of ether oxygens (including phenoxy) is 1. The molecule has 0 N–H and O–H groups in total. The topological polar surface area (TPSA) is 27.1 Å². The van der Waals surface area contributed by atoms with Crippen molar-refractivity contribution in [2.24, 2.45) is 0 Å². The predicted molar refractivity (Wildman–Crippen MR) is 52.5 cm³/mol. The number of hydrogen-bond donors (Lipinski definition) is 0. The van der Waals surface area contributed by atoms with E-state index in [1.165, 1.54) is 16.3 Å². The molecular formula is C8H16N2OSi. The molecular weight excluding hydrogens is 168 g/mol. The Morgan fingerprint density at radius 3 is 3.00 bits per heavy atom. The Labute approximate surface area is 76.2 Å². The summed E-state index contributed by atoms with van der Waals surface area (Å²) in [5.41, 5.74) is 0. The molecule has 0 aliphatic carbocycles. The van der Waals surface area contributed by atoms with E-state index >= 15 is 0 Å². The largest absolute Gasteiger partial charge is 0.380 e. The van der Waals surface area contributed by atoms with Crippen molar-refractivity contribution in [3.05, 3.63) is 18.7 Å². The molecule has 4 heteroatoms. The molecule has 1 aromatic heterocycles. The summed E-state index contributed by atoms with van der Waals surface area (Å²) < 4.78 is 7.51. The minimum atomic E-state index is 0.499. The second kappa shape index (κ2) is 5.11. The van der Waals surface area contributed by atoms with Gasteiger partial charge in [0, 0.05) is 29.2 Å². The zero-order valence-corrected chi connectivity index (χ0v) is 9.73. The second-order valence-corrected chi connectivity index (χ2v) is 3.55. The molecule has 0 aliphatic heterocycles. The summed E-state index contributed by atoms with van der Waals surface area (Å²) in [6.45, 7) is 3.64. The van der Waals surface area contributed by atoms with E-state index in [1.807, 2.05) is 25.6 Å². The van der Waals surface area contributed by atoms with Gasteiger partial charge in [0.25, 0.3) is 0 Å². The summed E-state index contributed by atoms with van der Waals surface area (Å²) in [7, 11) is 1.21. The molecule has 0 aliphatic rings. The lowest BCUT2D eigenvalue weighted by molar-refractivity contribution is 0.119. The summed E-state index contributed by atoms with van der Waals surface area (Å²) in [6, 6.07) is 1.72. The molecule has 1 rings (SSSR count). The first-order chi connectivity index (χ1) is 5.88. The number of aromatic nitrogens is 2. The normalized spacial score (nSPS) is 13.4. The number of imidazole rings is 1. The van der Waals surface area contributed by atoms with E-state index in [9.17, 15) is 0 Å². The van der Waals surface area contributed by atoms with Crippen molar-refractivity contribution in [2.75, 3.05) is 13.2 Å². The van der Waals surface area contributed by atoms with Crippen molar-refractivity contribution in [1.29, 1.82) is 0 Å². The molecule has 0 saturated heterocycles. The fourth-order valence-corrected chi connectivity index (χ4v) is 1.81. The fourth-order valence-electron chi connectivity index (χ4n) is 1.15. The molecule has 0 fully saturated rings. The molecule has 0 spiro atoms. The van der Waals surface area contributed by atoms with E-state index in [1.54, 1.807) is 0 Å². The van der Waals surface area contributed by atoms with Crippen molar-refractivity contribution >= 4 is 10.2 Å². The average molecular weight is 184 g/mol. The molecule has 1 atom stereocenters. The van der Waals surface area contributed by atoms with Crippen LogP contribution < -0.4 is 0 Å². The standard InChI is InChI=1S/C8H16N2OSi/c1-2-11-5-8(6-12)10-4-3-9-7-10/h3-4,7-8H,2,5-6H2,1,12H3. The van der Waals surface area contributed by atoms with Gasteiger partial charge >= 0.3 is 0 Å². The third-order valence-corrected chi connectivity index (χ3v) is 2.87. The summed E-state index contributed by atoms with van der Waals surface area (Å²) in [5, 5.41) is 0. The van der Waals surface area contributed by atoms with Gasteiger partial charge in [-0.1, -0.05) is 0 Å². The SMILES string of the molecule is CCOCC(C[SiH3])n1ccnc1.